The fourth-order valence-corrected chi connectivity index (χ4v) is 4.69. The van der Waals surface area contributed by atoms with Gasteiger partial charge < -0.3 is 134 Å². The van der Waals surface area contributed by atoms with Gasteiger partial charge in [0.1, 0.15) is 52.7 Å². The molecular weight excluding hydrogens is 814 g/mol. The van der Waals surface area contributed by atoms with E-state index < -0.39 is 179 Å². The molecule has 0 aliphatic carbocycles. The molecule has 0 bridgehead atoms. The highest BCUT2D eigenvalue weighted by atomic mass is 16.6. The monoisotopic (exact) mass is 883 g/mol. The molecule has 0 fully saturated rings. The van der Waals surface area contributed by atoms with Gasteiger partial charge in [-0.15, -0.1) is 0 Å². The first-order valence-electron chi connectivity index (χ1n) is 18.7. The molecule has 0 heterocycles. The second-order valence-electron chi connectivity index (χ2n) is 14.6. The third-order valence-corrected chi connectivity index (χ3v) is 8.47. The zero-order chi connectivity index (χ0) is 46.7. The van der Waals surface area contributed by atoms with Crippen molar-refractivity contribution < 1.29 is 105 Å². The second-order valence-corrected chi connectivity index (χ2v) is 14.6. The Balaban J connectivity index is 4.82. The van der Waals surface area contributed by atoms with Crippen LogP contribution in [0.2, 0.25) is 0 Å². The Morgan fingerprint density at radius 2 is 0.767 bits per heavy atom. The van der Waals surface area contributed by atoms with Gasteiger partial charge in [-0.3, -0.25) is 0 Å². The number of ether oxygens (including phenoxy) is 5. The van der Waals surface area contributed by atoms with Crippen molar-refractivity contribution in [2.75, 3.05) is 33.0 Å². The lowest BCUT2D eigenvalue weighted by molar-refractivity contribution is -0.195. The van der Waals surface area contributed by atoms with Gasteiger partial charge in [-0.05, 0) is 33.6 Å². The zero-order valence-corrected chi connectivity index (χ0v) is 33.7. The maximum Gasteiger partial charge on any atom is 0.199 e. The predicted molar refractivity (Wildman–Crippen MR) is 204 cm³/mol. The minimum Gasteiger partial charge on any atom is -0.508 e. The van der Waals surface area contributed by atoms with Crippen LogP contribution in [-0.4, -0.2) is 207 Å². The van der Waals surface area contributed by atoms with Crippen LogP contribution < -0.4 is 28.7 Å². The molecule has 0 spiro atoms. The molecule has 26 N–H and O–H groups in total. The van der Waals surface area contributed by atoms with Crippen LogP contribution in [-0.2, 0) is 23.7 Å². The van der Waals surface area contributed by atoms with E-state index in [9.17, 15) is 76.6 Å². The first-order valence-corrected chi connectivity index (χ1v) is 18.7. The number of hydrogen-bond acceptors (Lipinski definition) is 26. The normalized spacial score (nSPS) is 21.1. The van der Waals surface area contributed by atoms with Crippen LogP contribution in [0.1, 0.15) is 52.9 Å². The molecule has 14 unspecified atom stereocenters. The van der Waals surface area contributed by atoms with Crippen LogP contribution in [0.5, 0.6) is 0 Å². The van der Waals surface area contributed by atoms with E-state index in [1.807, 2.05) is 0 Å². The summed E-state index contributed by atoms with van der Waals surface area (Å²) in [5.74, 6) is -2.74. The Morgan fingerprint density at radius 1 is 0.467 bits per heavy atom. The molecule has 0 aromatic heterocycles. The number of nitrogens with two attached hydrogens (primary N) is 5. The Labute approximate surface area is 346 Å². The summed E-state index contributed by atoms with van der Waals surface area (Å²) in [6.07, 6.45) is -23.3. The summed E-state index contributed by atoms with van der Waals surface area (Å²) in [7, 11) is 0. The second kappa shape index (κ2) is 28.0. The minimum atomic E-state index is -2.04. The van der Waals surface area contributed by atoms with Gasteiger partial charge in [0.15, 0.2) is 31.5 Å². The lowest BCUT2D eigenvalue weighted by atomic mass is 10.0. The van der Waals surface area contributed by atoms with E-state index in [-0.39, 0.29) is 12.8 Å². The molecular formula is C34H69N5O21. The number of aliphatic hydroxyl groups is 16. The summed E-state index contributed by atoms with van der Waals surface area (Å²) in [6.45, 7) is 2.47. The van der Waals surface area contributed by atoms with E-state index >= 15 is 0 Å². The van der Waals surface area contributed by atoms with E-state index in [0.717, 1.165) is 0 Å². The first kappa shape index (κ1) is 57.2. The molecule has 0 saturated carbocycles. The molecule has 60 heavy (non-hydrogen) atoms. The summed E-state index contributed by atoms with van der Waals surface area (Å²) in [5.41, 5.74) is 25.3. The minimum absolute atomic E-state index is 0.276. The summed E-state index contributed by atoms with van der Waals surface area (Å²) < 4.78 is 25.2. The molecule has 0 rings (SSSR count). The molecule has 0 amide bonds. The molecule has 0 radical (unpaired) electrons. The lowest BCUT2D eigenvalue weighted by Gasteiger charge is -2.31. The molecule has 26 heteroatoms. The Bertz CT molecular complexity index is 1310. The third-order valence-electron chi connectivity index (χ3n) is 8.47. The van der Waals surface area contributed by atoms with Crippen LogP contribution in [0.4, 0.5) is 0 Å². The van der Waals surface area contributed by atoms with Gasteiger partial charge in [0, 0.05) is 25.9 Å². The Kier molecular flexibility index (Phi) is 26.7. The van der Waals surface area contributed by atoms with Gasteiger partial charge in [-0.2, -0.15) is 0 Å². The largest absolute Gasteiger partial charge is 0.508 e. The summed E-state index contributed by atoms with van der Waals surface area (Å²) in [4.78, 5) is 0. The van der Waals surface area contributed by atoms with Gasteiger partial charge in [0.25, 0.3) is 0 Å². The number of hydrogen-bond donors (Lipinski definition) is 21. The van der Waals surface area contributed by atoms with Gasteiger partial charge in [-0.1, -0.05) is 0 Å². The molecule has 0 aliphatic rings. The highest BCUT2D eigenvalue weighted by Gasteiger charge is 2.33. The summed E-state index contributed by atoms with van der Waals surface area (Å²) in [5, 5.41) is 160. The topological polar surface area (TPSA) is 500 Å². The fourth-order valence-electron chi connectivity index (χ4n) is 4.69. The maximum atomic E-state index is 10.4. The molecule has 14 atom stereocenters. The number of aliphatic hydroxyl groups excluding tert-OH is 16. The Hall–Kier alpha value is -2.78. The molecule has 0 aromatic rings. The molecule has 0 aliphatic heterocycles. The Morgan fingerprint density at radius 3 is 1.10 bits per heavy atom. The quantitative estimate of drug-likeness (QED) is 0.0227. The average molecular weight is 884 g/mol. The van der Waals surface area contributed by atoms with Crippen LogP contribution in [0, 0.1) is 0 Å². The summed E-state index contributed by atoms with van der Waals surface area (Å²) in [6, 6.07) is -3.05. The van der Waals surface area contributed by atoms with Crippen molar-refractivity contribution in [3.8, 4) is 0 Å². The van der Waals surface area contributed by atoms with Crippen LogP contribution in [0.25, 0.3) is 0 Å². The van der Waals surface area contributed by atoms with E-state index in [2.05, 4.69) is 0 Å². The van der Waals surface area contributed by atoms with Crippen molar-refractivity contribution in [2.45, 2.75) is 145 Å². The van der Waals surface area contributed by atoms with Gasteiger partial charge >= 0.3 is 0 Å². The van der Waals surface area contributed by atoms with E-state index in [0.29, 0.717) is 0 Å². The van der Waals surface area contributed by atoms with Crippen molar-refractivity contribution >= 4 is 0 Å². The molecule has 356 valence electrons. The van der Waals surface area contributed by atoms with Crippen molar-refractivity contribution in [1.82, 2.24) is 0 Å². The van der Waals surface area contributed by atoms with Crippen molar-refractivity contribution in [2.24, 2.45) is 28.7 Å². The van der Waals surface area contributed by atoms with Crippen molar-refractivity contribution in [3.63, 3.8) is 0 Å². The standard InChI is InChI=1S/C34H69N5O21/c1-34(2,3)60-33(55)23(39)28(50)18(45)8-13-59-32(54)22(38)27(49)17(44)7-12-58-31(53)21(37)26(48)16(43)6-11-57-30(52)20(36)25(47)15(42)5-10-56-29(51)19(35)24(46)14(41)4-9-40/h14-18,21,23,26,28-33,40-55H,4-13,35-39H2,1-3H3/b24-19+,25-20-,27-22+. The van der Waals surface area contributed by atoms with Gasteiger partial charge in [0.2, 0.25) is 0 Å². The molecule has 0 aromatic carbocycles. The van der Waals surface area contributed by atoms with Crippen molar-refractivity contribution in [1.29, 1.82) is 0 Å². The highest BCUT2D eigenvalue weighted by Crippen LogP contribution is 2.18. The fraction of sp³-hybridized carbons (Fsp3) is 0.824. The van der Waals surface area contributed by atoms with E-state index in [4.69, 9.17) is 57.5 Å². The predicted octanol–water partition coefficient (Wildman–Crippen LogP) is -7.23. The van der Waals surface area contributed by atoms with Crippen LogP contribution >= 0.6 is 0 Å². The van der Waals surface area contributed by atoms with Gasteiger partial charge in [-0.25, -0.2) is 0 Å². The van der Waals surface area contributed by atoms with Gasteiger partial charge in [0.05, 0.1) is 68.5 Å². The van der Waals surface area contributed by atoms with Crippen LogP contribution in [0.3, 0.4) is 0 Å². The smallest absolute Gasteiger partial charge is 0.199 e. The van der Waals surface area contributed by atoms with E-state index in [1.54, 1.807) is 20.8 Å². The maximum absolute atomic E-state index is 10.4. The SMILES string of the molecule is CC(C)(C)OC(O)C(N)C(O)C(O)CCOC(O)/C(N)=C(\O)C(O)CCOC(O)C(N)C(O)C(O)CCOC(O)/C(N)=C(/O)C(O)CCOC(O)/C(N)=C(\O)C(O)CCO. The van der Waals surface area contributed by atoms with Crippen molar-refractivity contribution in [3.05, 3.63) is 34.4 Å². The third kappa shape index (κ3) is 20.4. The van der Waals surface area contributed by atoms with Crippen LogP contribution in [0.15, 0.2) is 34.4 Å². The summed E-state index contributed by atoms with van der Waals surface area (Å²) >= 11 is 0. The molecule has 26 nitrogen and oxygen atoms in total. The number of rotatable bonds is 31. The zero-order valence-electron chi connectivity index (χ0n) is 33.7. The first-order chi connectivity index (χ1) is 27.7. The van der Waals surface area contributed by atoms with E-state index in [1.165, 1.54) is 0 Å². The molecule has 0 saturated heterocycles. The average Bonchev–Trinajstić information content (AvgIpc) is 3.19. The highest BCUT2D eigenvalue weighted by molar-refractivity contribution is 5.12. The lowest BCUT2D eigenvalue weighted by Crippen LogP contribution is -2.53.